The molecular formula is C18H17NO2. The molecule has 0 saturated carbocycles. The lowest BCUT2D eigenvalue weighted by atomic mass is 10.1. The lowest BCUT2D eigenvalue weighted by molar-refractivity contribution is 0.398. The maximum absolute atomic E-state index is 5.41. The maximum Gasteiger partial charge on any atom is 0.131 e. The van der Waals surface area contributed by atoms with Gasteiger partial charge in [-0.05, 0) is 25.1 Å². The van der Waals surface area contributed by atoms with Crippen LogP contribution in [0.5, 0.6) is 11.5 Å². The van der Waals surface area contributed by atoms with Crippen LogP contribution in [-0.2, 0) is 0 Å². The summed E-state index contributed by atoms with van der Waals surface area (Å²) in [6.45, 7) is 2.08. The molecule has 3 heteroatoms. The van der Waals surface area contributed by atoms with Crippen molar-refractivity contribution in [2.24, 2.45) is 0 Å². The van der Waals surface area contributed by atoms with Gasteiger partial charge in [0.1, 0.15) is 11.5 Å². The number of fused-ring (bicyclic) bond motifs is 1. The molecule has 21 heavy (non-hydrogen) atoms. The van der Waals surface area contributed by atoms with Crippen molar-refractivity contribution >= 4 is 10.9 Å². The lowest BCUT2D eigenvalue weighted by Gasteiger charge is -2.10. The summed E-state index contributed by atoms with van der Waals surface area (Å²) in [6.07, 6.45) is 0. The third-order valence-electron chi connectivity index (χ3n) is 3.51. The zero-order chi connectivity index (χ0) is 14.8. The maximum atomic E-state index is 5.41. The average Bonchev–Trinajstić information content (AvgIpc) is 2.53. The Hall–Kier alpha value is -2.55. The highest BCUT2D eigenvalue weighted by molar-refractivity contribution is 5.88. The molecule has 3 nitrogen and oxygen atoms in total. The van der Waals surface area contributed by atoms with E-state index >= 15 is 0 Å². The first-order chi connectivity index (χ1) is 10.2. The Morgan fingerprint density at radius 3 is 2.48 bits per heavy atom. The molecule has 0 atom stereocenters. The molecule has 0 N–H and O–H groups in total. The van der Waals surface area contributed by atoms with E-state index in [4.69, 9.17) is 14.5 Å². The number of aromatic nitrogens is 1. The zero-order valence-corrected chi connectivity index (χ0v) is 12.4. The fourth-order valence-corrected chi connectivity index (χ4v) is 2.43. The second-order valence-electron chi connectivity index (χ2n) is 4.96. The predicted molar refractivity (Wildman–Crippen MR) is 85.0 cm³/mol. The molecule has 3 rings (SSSR count). The Morgan fingerprint density at radius 1 is 0.905 bits per heavy atom. The van der Waals surface area contributed by atoms with Gasteiger partial charge in [-0.2, -0.15) is 0 Å². The molecule has 2 aromatic carbocycles. The van der Waals surface area contributed by atoms with E-state index in [9.17, 15) is 0 Å². The molecule has 106 valence electrons. The largest absolute Gasteiger partial charge is 0.497 e. The van der Waals surface area contributed by atoms with Gasteiger partial charge >= 0.3 is 0 Å². The standard InChI is InChI=1S/C18H17NO2/c1-12-5-4-6-13(9-12)16-8-7-15-17(19-16)10-14(20-2)11-18(15)21-3/h4-11H,1-3H3. The van der Waals surface area contributed by atoms with E-state index in [-0.39, 0.29) is 0 Å². The molecule has 1 heterocycles. The predicted octanol–water partition coefficient (Wildman–Crippen LogP) is 4.23. The van der Waals surface area contributed by atoms with Crippen LogP contribution in [0.3, 0.4) is 0 Å². The highest BCUT2D eigenvalue weighted by atomic mass is 16.5. The van der Waals surface area contributed by atoms with Crippen molar-refractivity contribution in [2.75, 3.05) is 14.2 Å². The van der Waals surface area contributed by atoms with Crippen LogP contribution in [-0.4, -0.2) is 19.2 Å². The number of aryl methyl sites for hydroxylation is 1. The van der Waals surface area contributed by atoms with Crippen LogP contribution in [0.1, 0.15) is 5.56 Å². The monoisotopic (exact) mass is 279 g/mol. The topological polar surface area (TPSA) is 31.4 Å². The molecule has 0 aliphatic rings. The minimum atomic E-state index is 0.744. The Bertz CT molecular complexity index is 796. The second kappa shape index (κ2) is 5.44. The fourth-order valence-electron chi connectivity index (χ4n) is 2.43. The van der Waals surface area contributed by atoms with Crippen LogP contribution >= 0.6 is 0 Å². The number of methoxy groups -OCH3 is 2. The van der Waals surface area contributed by atoms with Gasteiger partial charge in [-0.15, -0.1) is 0 Å². The Morgan fingerprint density at radius 2 is 1.76 bits per heavy atom. The van der Waals surface area contributed by atoms with Crippen LogP contribution in [0.25, 0.3) is 22.2 Å². The van der Waals surface area contributed by atoms with E-state index < -0.39 is 0 Å². The van der Waals surface area contributed by atoms with Crippen LogP contribution in [0.15, 0.2) is 48.5 Å². The van der Waals surface area contributed by atoms with E-state index in [1.807, 2.05) is 30.3 Å². The smallest absolute Gasteiger partial charge is 0.131 e. The summed E-state index contributed by atoms with van der Waals surface area (Å²) in [6, 6.07) is 16.2. The third-order valence-corrected chi connectivity index (χ3v) is 3.51. The Labute approximate surface area is 124 Å². The summed E-state index contributed by atoms with van der Waals surface area (Å²) in [5.41, 5.74) is 4.14. The molecular weight excluding hydrogens is 262 g/mol. The van der Waals surface area contributed by atoms with Crippen molar-refractivity contribution < 1.29 is 9.47 Å². The summed E-state index contributed by atoms with van der Waals surface area (Å²) in [5.74, 6) is 1.51. The number of hydrogen-bond donors (Lipinski definition) is 0. The summed E-state index contributed by atoms with van der Waals surface area (Å²) in [4.78, 5) is 4.74. The number of ether oxygens (including phenoxy) is 2. The van der Waals surface area contributed by atoms with E-state index in [2.05, 4.69) is 25.1 Å². The van der Waals surface area contributed by atoms with Crippen molar-refractivity contribution in [3.8, 4) is 22.8 Å². The van der Waals surface area contributed by atoms with Crippen LogP contribution < -0.4 is 9.47 Å². The van der Waals surface area contributed by atoms with Gasteiger partial charge in [0.25, 0.3) is 0 Å². The molecule has 0 bridgehead atoms. The second-order valence-corrected chi connectivity index (χ2v) is 4.96. The molecule has 0 aliphatic heterocycles. The molecule has 1 aromatic heterocycles. The van der Waals surface area contributed by atoms with E-state index in [0.717, 1.165) is 33.7 Å². The molecule has 0 amide bonds. The number of nitrogens with zero attached hydrogens (tertiary/aromatic N) is 1. The first-order valence-corrected chi connectivity index (χ1v) is 6.81. The third kappa shape index (κ3) is 2.55. The van der Waals surface area contributed by atoms with Gasteiger partial charge in [-0.25, -0.2) is 4.98 Å². The zero-order valence-electron chi connectivity index (χ0n) is 12.4. The fraction of sp³-hybridized carbons (Fsp3) is 0.167. The molecule has 0 spiro atoms. The van der Waals surface area contributed by atoms with E-state index in [0.29, 0.717) is 0 Å². The van der Waals surface area contributed by atoms with E-state index in [1.54, 1.807) is 14.2 Å². The van der Waals surface area contributed by atoms with Crippen molar-refractivity contribution in [1.29, 1.82) is 0 Å². The van der Waals surface area contributed by atoms with Gasteiger partial charge in [0.2, 0.25) is 0 Å². The quantitative estimate of drug-likeness (QED) is 0.719. The Kier molecular flexibility index (Phi) is 3.48. The Balaban J connectivity index is 2.19. The SMILES string of the molecule is COc1cc(OC)c2ccc(-c3cccc(C)c3)nc2c1. The van der Waals surface area contributed by atoms with Crippen LogP contribution in [0.4, 0.5) is 0 Å². The molecule has 0 unspecified atom stereocenters. The highest BCUT2D eigenvalue weighted by Gasteiger charge is 2.08. The lowest BCUT2D eigenvalue weighted by Crippen LogP contribution is -1.92. The highest BCUT2D eigenvalue weighted by Crippen LogP contribution is 2.31. The molecule has 0 fully saturated rings. The molecule has 0 aliphatic carbocycles. The van der Waals surface area contributed by atoms with E-state index in [1.165, 1.54) is 5.56 Å². The van der Waals surface area contributed by atoms with Crippen LogP contribution in [0, 0.1) is 6.92 Å². The van der Waals surface area contributed by atoms with Crippen molar-refractivity contribution in [3.05, 3.63) is 54.1 Å². The molecule has 0 saturated heterocycles. The van der Waals surface area contributed by atoms with Gasteiger partial charge < -0.3 is 9.47 Å². The molecule has 0 radical (unpaired) electrons. The number of pyridine rings is 1. The minimum absolute atomic E-state index is 0.744. The van der Waals surface area contributed by atoms with Crippen LogP contribution in [0.2, 0.25) is 0 Å². The van der Waals surface area contributed by atoms with Gasteiger partial charge in [0, 0.05) is 23.1 Å². The number of rotatable bonds is 3. The van der Waals surface area contributed by atoms with Crippen molar-refractivity contribution in [1.82, 2.24) is 4.98 Å². The van der Waals surface area contributed by atoms with Gasteiger partial charge in [-0.3, -0.25) is 0 Å². The summed E-state index contributed by atoms with van der Waals surface area (Å²) in [5, 5.41) is 0.981. The first kappa shape index (κ1) is 13.4. The number of benzene rings is 2. The van der Waals surface area contributed by atoms with Crippen molar-refractivity contribution in [3.63, 3.8) is 0 Å². The van der Waals surface area contributed by atoms with Gasteiger partial charge in [0.05, 0.1) is 25.4 Å². The summed E-state index contributed by atoms with van der Waals surface area (Å²) < 4.78 is 10.7. The molecule has 3 aromatic rings. The first-order valence-electron chi connectivity index (χ1n) is 6.81. The summed E-state index contributed by atoms with van der Waals surface area (Å²) in [7, 11) is 3.30. The minimum Gasteiger partial charge on any atom is -0.497 e. The van der Waals surface area contributed by atoms with Crippen molar-refractivity contribution in [2.45, 2.75) is 6.92 Å². The summed E-state index contributed by atoms with van der Waals surface area (Å²) >= 11 is 0. The average molecular weight is 279 g/mol. The van der Waals surface area contributed by atoms with Gasteiger partial charge in [0.15, 0.2) is 0 Å². The normalized spacial score (nSPS) is 10.6. The van der Waals surface area contributed by atoms with Gasteiger partial charge in [-0.1, -0.05) is 23.8 Å². The number of hydrogen-bond acceptors (Lipinski definition) is 3.